The minimum absolute atomic E-state index is 0.0125. The van der Waals surface area contributed by atoms with Gasteiger partial charge in [0.15, 0.2) is 0 Å². The van der Waals surface area contributed by atoms with E-state index in [0.717, 1.165) is 12.8 Å². The van der Waals surface area contributed by atoms with Crippen molar-refractivity contribution in [3.63, 3.8) is 0 Å². The summed E-state index contributed by atoms with van der Waals surface area (Å²) in [6.45, 7) is 2.31. The standard InChI is InChI=1S/C13H17N7O2/c1-3-4-7-18(2)12-11(20(21)22)13(17-10-16-12)19(8-5-14)9-6-15/h10H,3-4,7-9H2,1-2H3. The van der Waals surface area contributed by atoms with Crippen LogP contribution in [-0.4, -0.2) is 41.6 Å². The van der Waals surface area contributed by atoms with Crippen LogP contribution in [0.5, 0.6) is 0 Å². The number of anilines is 2. The summed E-state index contributed by atoms with van der Waals surface area (Å²) < 4.78 is 0. The van der Waals surface area contributed by atoms with Gasteiger partial charge in [-0.15, -0.1) is 0 Å². The van der Waals surface area contributed by atoms with E-state index in [-0.39, 0.29) is 30.4 Å². The van der Waals surface area contributed by atoms with Crippen molar-refractivity contribution in [3.8, 4) is 12.1 Å². The van der Waals surface area contributed by atoms with Crippen molar-refractivity contribution in [1.82, 2.24) is 9.97 Å². The highest BCUT2D eigenvalue weighted by Gasteiger charge is 2.28. The molecule has 0 saturated carbocycles. The molecule has 0 atom stereocenters. The van der Waals surface area contributed by atoms with Gasteiger partial charge in [0.1, 0.15) is 19.4 Å². The Labute approximate surface area is 128 Å². The zero-order valence-electron chi connectivity index (χ0n) is 12.6. The lowest BCUT2D eigenvalue weighted by atomic mass is 10.3. The van der Waals surface area contributed by atoms with E-state index in [2.05, 4.69) is 9.97 Å². The Bertz CT molecular complexity index is 589. The molecule has 0 aliphatic carbocycles. The van der Waals surface area contributed by atoms with E-state index in [0.29, 0.717) is 6.54 Å². The molecule has 1 aromatic heterocycles. The molecule has 0 aliphatic rings. The van der Waals surface area contributed by atoms with Crippen LogP contribution in [0.2, 0.25) is 0 Å². The molecule has 22 heavy (non-hydrogen) atoms. The maximum Gasteiger partial charge on any atom is 0.353 e. The van der Waals surface area contributed by atoms with Crippen LogP contribution in [-0.2, 0) is 0 Å². The van der Waals surface area contributed by atoms with Gasteiger partial charge < -0.3 is 9.80 Å². The quantitative estimate of drug-likeness (QED) is 0.402. The largest absolute Gasteiger partial charge is 0.354 e. The Hall–Kier alpha value is -2.94. The van der Waals surface area contributed by atoms with E-state index in [4.69, 9.17) is 10.5 Å². The second kappa shape index (κ2) is 8.37. The molecule has 1 aromatic rings. The van der Waals surface area contributed by atoms with E-state index < -0.39 is 4.92 Å². The summed E-state index contributed by atoms with van der Waals surface area (Å²) in [7, 11) is 1.72. The minimum atomic E-state index is -0.575. The minimum Gasteiger partial charge on any atom is -0.354 e. The molecule has 0 aromatic carbocycles. The van der Waals surface area contributed by atoms with Gasteiger partial charge in [0.05, 0.1) is 17.1 Å². The van der Waals surface area contributed by atoms with Gasteiger partial charge in [-0.25, -0.2) is 9.97 Å². The van der Waals surface area contributed by atoms with Crippen LogP contribution < -0.4 is 9.80 Å². The van der Waals surface area contributed by atoms with Gasteiger partial charge in [0.25, 0.3) is 0 Å². The van der Waals surface area contributed by atoms with E-state index in [1.165, 1.54) is 11.2 Å². The Morgan fingerprint density at radius 1 is 1.27 bits per heavy atom. The number of hydrogen-bond donors (Lipinski definition) is 0. The van der Waals surface area contributed by atoms with Crippen LogP contribution in [0, 0.1) is 32.8 Å². The first kappa shape index (κ1) is 17.1. The lowest BCUT2D eigenvalue weighted by Crippen LogP contribution is -2.28. The molecular formula is C13H17N7O2. The molecule has 0 radical (unpaired) electrons. The van der Waals surface area contributed by atoms with Crippen molar-refractivity contribution in [1.29, 1.82) is 10.5 Å². The molecule has 0 amide bonds. The summed E-state index contributed by atoms with van der Waals surface area (Å²) in [5, 5.41) is 29.1. The van der Waals surface area contributed by atoms with Crippen molar-refractivity contribution in [2.75, 3.05) is 36.5 Å². The Morgan fingerprint density at radius 2 is 1.86 bits per heavy atom. The van der Waals surface area contributed by atoms with Crippen LogP contribution in [0.1, 0.15) is 19.8 Å². The van der Waals surface area contributed by atoms with Crippen LogP contribution >= 0.6 is 0 Å². The van der Waals surface area contributed by atoms with Gasteiger partial charge in [-0.2, -0.15) is 10.5 Å². The molecule has 0 N–H and O–H groups in total. The Kier molecular flexibility index (Phi) is 6.51. The zero-order chi connectivity index (χ0) is 16.5. The van der Waals surface area contributed by atoms with Crippen molar-refractivity contribution in [2.45, 2.75) is 19.8 Å². The average Bonchev–Trinajstić information content (AvgIpc) is 2.51. The summed E-state index contributed by atoms with van der Waals surface area (Å²) in [6, 6.07) is 3.76. The zero-order valence-corrected chi connectivity index (χ0v) is 12.6. The first-order valence-electron chi connectivity index (χ1n) is 6.76. The molecule has 9 nitrogen and oxygen atoms in total. The van der Waals surface area contributed by atoms with Gasteiger partial charge in [-0.05, 0) is 6.42 Å². The molecule has 1 heterocycles. The van der Waals surface area contributed by atoms with Gasteiger partial charge in [0.2, 0.25) is 11.6 Å². The summed E-state index contributed by atoms with van der Waals surface area (Å²) in [4.78, 5) is 21.7. The van der Waals surface area contributed by atoms with Crippen molar-refractivity contribution in [3.05, 3.63) is 16.4 Å². The molecule has 9 heteroatoms. The summed E-state index contributed by atoms with van der Waals surface area (Å²) in [5.74, 6) is 0.172. The molecular weight excluding hydrogens is 286 g/mol. The third-order valence-corrected chi connectivity index (χ3v) is 3.00. The third-order valence-electron chi connectivity index (χ3n) is 3.00. The second-order valence-corrected chi connectivity index (χ2v) is 4.57. The molecule has 0 fully saturated rings. The number of nitrogens with zero attached hydrogens (tertiary/aromatic N) is 7. The first-order valence-corrected chi connectivity index (χ1v) is 6.76. The summed E-state index contributed by atoms with van der Waals surface area (Å²) in [6.07, 6.45) is 3.03. The highest BCUT2D eigenvalue weighted by molar-refractivity contribution is 5.71. The van der Waals surface area contributed by atoms with Crippen LogP contribution in [0.3, 0.4) is 0 Å². The van der Waals surface area contributed by atoms with Crippen LogP contribution in [0.15, 0.2) is 6.33 Å². The molecule has 1 rings (SSSR count). The van der Waals surface area contributed by atoms with Gasteiger partial charge in [0, 0.05) is 13.6 Å². The molecule has 0 spiro atoms. The Balaban J connectivity index is 3.31. The predicted octanol–water partition coefficient (Wildman–Crippen LogP) is 1.47. The fourth-order valence-electron chi connectivity index (χ4n) is 1.91. The number of unbranched alkanes of at least 4 members (excludes halogenated alkanes) is 1. The average molecular weight is 303 g/mol. The maximum atomic E-state index is 11.4. The van der Waals surface area contributed by atoms with E-state index in [1.807, 2.05) is 19.1 Å². The number of nitriles is 2. The highest BCUT2D eigenvalue weighted by Crippen LogP contribution is 2.33. The topological polar surface area (TPSA) is 123 Å². The lowest BCUT2D eigenvalue weighted by Gasteiger charge is -2.21. The molecule has 0 saturated heterocycles. The van der Waals surface area contributed by atoms with Crippen molar-refractivity contribution >= 4 is 17.3 Å². The van der Waals surface area contributed by atoms with Crippen LogP contribution in [0.4, 0.5) is 17.3 Å². The fourth-order valence-corrected chi connectivity index (χ4v) is 1.91. The Morgan fingerprint density at radius 3 is 2.36 bits per heavy atom. The lowest BCUT2D eigenvalue weighted by molar-refractivity contribution is -0.383. The fraction of sp³-hybridized carbons (Fsp3) is 0.538. The van der Waals surface area contributed by atoms with Crippen molar-refractivity contribution < 1.29 is 4.92 Å². The summed E-state index contributed by atoms with van der Waals surface area (Å²) in [5.41, 5.74) is -0.286. The SMILES string of the molecule is CCCCN(C)c1ncnc(N(CC#N)CC#N)c1[N+](=O)[O-]. The number of aromatic nitrogens is 2. The monoisotopic (exact) mass is 303 g/mol. The molecule has 0 aliphatic heterocycles. The van der Waals surface area contributed by atoms with E-state index >= 15 is 0 Å². The first-order chi connectivity index (χ1) is 10.6. The molecule has 0 unspecified atom stereocenters. The highest BCUT2D eigenvalue weighted by atomic mass is 16.6. The van der Waals surface area contributed by atoms with Crippen LogP contribution in [0.25, 0.3) is 0 Å². The molecule has 116 valence electrons. The normalized spacial score (nSPS) is 9.64. The van der Waals surface area contributed by atoms with Crippen molar-refractivity contribution in [2.24, 2.45) is 0 Å². The van der Waals surface area contributed by atoms with Gasteiger partial charge in [-0.3, -0.25) is 10.1 Å². The molecule has 0 bridgehead atoms. The van der Waals surface area contributed by atoms with E-state index in [9.17, 15) is 10.1 Å². The van der Waals surface area contributed by atoms with Gasteiger partial charge in [-0.1, -0.05) is 13.3 Å². The maximum absolute atomic E-state index is 11.4. The number of hydrogen-bond acceptors (Lipinski definition) is 8. The van der Waals surface area contributed by atoms with E-state index in [1.54, 1.807) is 11.9 Å². The number of rotatable bonds is 8. The summed E-state index contributed by atoms with van der Waals surface area (Å²) >= 11 is 0. The smallest absolute Gasteiger partial charge is 0.353 e. The van der Waals surface area contributed by atoms with Gasteiger partial charge >= 0.3 is 5.69 Å². The third kappa shape index (κ3) is 4.03. The second-order valence-electron chi connectivity index (χ2n) is 4.57. The number of nitro groups is 1. The predicted molar refractivity (Wildman–Crippen MR) is 80.3 cm³/mol.